The Labute approximate surface area is 217 Å². The van der Waals surface area contributed by atoms with Gasteiger partial charge in [0.25, 0.3) is 0 Å². The lowest BCUT2D eigenvalue weighted by molar-refractivity contribution is 0.282. The van der Waals surface area contributed by atoms with Crippen LogP contribution in [0, 0.1) is 0 Å². The van der Waals surface area contributed by atoms with Gasteiger partial charge in [-0.05, 0) is 108 Å². The third kappa shape index (κ3) is 3.41. The Morgan fingerprint density at radius 3 is 1.41 bits per heavy atom. The number of rotatable bonds is 2. The lowest BCUT2D eigenvalue weighted by Gasteiger charge is -2.28. The number of hydrogen-bond donors (Lipinski definition) is 0. The largest absolute Gasteiger partial charge is 0.493 e. The molecule has 0 aliphatic carbocycles. The molecular weight excluding hydrogens is 460 g/mol. The van der Waals surface area contributed by atoms with Crippen molar-refractivity contribution in [3.8, 4) is 23.0 Å². The molecule has 0 radical (unpaired) electrons. The summed E-state index contributed by atoms with van der Waals surface area (Å²) < 4.78 is 24.9. The third-order valence-corrected chi connectivity index (χ3v) is 8.67. The van der Waals surface area contributed by atoms with E-state index in [0.717, 1.165) is 107 Å². The molecular formula is C33H32O4. The molecule has 0 bridgehead atoms. The Morgan fingerprint density at radius 1 is 0.486 bits per heavy atom. The Kier molecular flexibility index (Phi) is 5.02. The van der Waals surface area contributed by atoms with Gasteiger partial charge in [0, 0.05) is 28.7 Å². The van der Waals surface area contributed by atoms with Gasteiger partial charge in [-0.3, -0.25) is 0 Å². The SMILES string of the molecule is c1cc2cc(Cc3cc4ccc5c(c4c4c3OCCC4)CCCO5)c3c(c2c2c1OCCC2)CCCO3. The van der Waals surface area contributed by atoms with Crippen LogP contribution in [-0.2, 0) is 32.1 Å². The summed E-state index contributed by atoms with van der Waals surface area (Å²) in [6.45, 7) is 3.21. The van der Waals surface area contributed by atoms with Crippen molar-refractivity contribution in [3.05, 3.63) is 69.8 Å². The van der Waals surface area contributed by atoms with E-state index in [1.54, 1.807) is 0 Å². The molecule has 4 heteroatoms. The van der Waals surface area contributed by atoms with Gasteiger partial charge in [-0.1, -0.05) is 12.1 Å². The first kappa shape index (κ1) is 21.7. The van der Waals surface area contributed by atoms with Gasteiger partial charge in [-0.25, -0.2) is 0 Å². The van der Waals surface area contributed by atoms with Crippen molar-refractivity contribution in [2.75, 3.05) is 26.4 Å². The van der Waals surface area contributed by atoms with Crippen LogP contribution in [0.4, 0.5) is 0 Å². The first-order valence-corrected chi connectivity index (χ1v) is 14.1. The van der Waals surface area contributed by atoms with E-state index in [4.69, 9.17) is 18.9 Å². The molecule has 4 aliphatic heterocycles. The second-order valence-corrected chi connectivity index (χ2v) is 11.0. The zero-order valence-corrected chi connectivity index (χ0v) is 21.3. The lowest BCUT2D eigenvalue weighted by atomic mass is 9.85. The van der Waals surface area contributed by atoms with Crippen molar-refractivity contribution >= 4 is 21.5 Å². The summed E-state index contributed by atoms with van der Waals surface area (Å²) in [6.07, 6.45) is 9.41. The quantitative estimate of drug-likeness (QED) is 0.306. The molecule has 0 spiro atoms. The highest BCUT2D eigenvalue weighted by Gasteiger charge is 2.27. The molecule has 0 amide bonds. The van der Waals surface area contributed by atoms with Crippen LogP contribution in [0.15, 0.2) is 36.4 Å². The standard InChI is InChI=1S/C33H32O4/c1-5-24-28(34-13-1)11-9-20-17-22(32-26(30(20)24)7-3-15-36-32)19-23-18-21-10-12-29-25(6-2-14-35-29)31(21)27-8-4-16-37-33(23)27/h9-12,17-18H,1-8,13-16,19H2. The van der Waals surface area contributed by atoms with Crippen LogP contribution in [0.2, 0.25) is 0 Å². The second kappa shape index (κ2) is 8.58. The molecule has 4 aliphatic rings. The van der Waals surface area contributed by atoms with Gasteiger partial charge in [-0.2, -0.15) is 0 Å². The molecule has 4 aromatic carbocycles. The maximum atomic E-state index is 6.43. The van der Waals surface area contributed by atoms with E-state index in [0.29, 0.717) is 0 Å². The summed E-state index contributed by atoms with van der Waals surface area (Å²) >= 11 is 0. The Hall–Kier alpha value is -3.40. The molecule has 8 rings (SSSR count). The second-order valence-electron chi connectivity index (χ2n) is 11.0. The highest BCUT2D eigenvalue weighted by molar-refractivity contribution is 5.95. The maximum Gasteiger partial charge on any atom is 0.126 e. The molecule has 0 atom stereocenters. The minimum atomic E-state index is 0.787. The summed E-state index contributed by atoms with van der Waals surface area (Å²) in [5.74, 6) is 4.31. The van der Waals surface area contributed by atoms with Gasteiger partial charge >= 0.3 is 0 Å². The van der Waals surface area contributed by atoms with Crippen LogP contribution in [0.25, 0.3) is 21.5 Å². The van der Waals surface area contributed by atoms with Crippen LogP contribution in [0.5, 0.6) is 23.0 Å². The maximum absolute atomic E-state index is 6.43. The Balaban J connectivity index is 1.31. The van der Waals surface area contributed by atoms with Gasteiger partial charge < -0.3 is 18.9 Å². The van der Waals surface area contributed by atoms with Crippen molar-refractivity contribution in [3.63, 3.8) is 0 Å². The molecule has 0 fully saturated rings. The average Bonchev–Trinajstić information content (AvgIpc) is 2.97. The van der Waals surface area contributed by atoms with Gasteiger partial charge in [0.05, 0.1) is 26.4 Å². The lowest BCUT2D eigenvalue weighted by Crippen LogP contribution is -2.16. The van der Waals surface area contributed by atoms with E-state index in [9.17, 15) is 0 Å². The minimum Gasteiger partial charge on any atom is -0.493 e. The van der Waals surface area contributed by atoms with Crippen molar-refractivity contribution < 1.29 is 18.9 Å². The minimum absolute atomic E-state index is 0.787. The summed E-state index contributed by atoms with van der Waals surface area (Å²) in [5.41, 5.74) is 8.04. The van der Waals surface area contributed by atoms with Crippen LogP contribution in [0.3, 0.4) is 0 Å². The number of benzene rings is 4. The number of ether oxygens (including phenoxy) is 4. The predicted molar refractivity (Wildman–Crippen MR) is 146 cm³/mol. The van der Waals surface area contributed by atoms with Crippen molar-refractivity contribution in [1.82, 2.24) is 0 Å². The first-order chi connectivity index (χ1) is 18.3. The highest BCUT2D eigenvalue weighted by Crippen LogP contribution is 2.45. The normalized spacial score (nSPS) is 17.9. The van der Waals surface area contributed by atoms with Crippen LogP contribution >= 0.6 is 0 Å². The fraction of sp³-hybridized carbons (Fsp3) is 0.394. The van der Waals surface area contributed by atoms with Gasteiger partial charge in [0.2, 0.25) is 0 Å². The summed E-state index contributed by atoms with van der Waals surface area (Å²) in [7, 11) is 0. The number of hydrogen-bond acceptors (Lipinski definition) is 4. The summed E-state index contributed by atoms with van der Waals surface area (Å²) in [5, 5.41) is 5.37. The molecule has 0 N–H and O–H groups in total. The molecule has 4 aromatic rings. The van der Waals surface area contributed by atoms with E-state index < -0.39 is 0 Å². The zero-order valence-electron chi connectivity index (χ0n) is 21.3. The monoisotopic (exact) mass is 492 g/mol. The fourth-order valence-electron chi connectivity index (χ4n) is 7.15. The molecule has 0 saturated carbocycles. The number of aryl methyl sites for hydroxylation is 4. The van der Waals surface area contributed by atoms with Crippen molar-refractivity contribution in [1.29, 1.82) is 0 Å². The number of fused-ring (bicyclic) bond motifs is 10. The Morgan fingerprint density at radius 2 is 0.919 bits per heavy atom. The topological polar surface area (TPSA) is 36.9 Å². The van der Waals surface area contributed by atoms with E-state index >= 15 is 0 Å². The summed E-state index contributed by atoms with van der Waals surface area (Å²) in [6, 6.07) is 13.6. The molecule has 0 aromatic heterocycles. The van der Waals surface area contributed by atoms with Crippen LogP contribution in [0.1, 0.15) is 59.1 Å². The molecule has 188 valence electrons. The van der Waals surface area contributed by atoms with E-state index in [2.05, 4.69) is 36.4 Å². The highest BCUT2D eigenvalue weighted by atomic mass is 16.5. The van der Waals surface area contributed by atoms with Gasteiger partial charge in [-0.15, -0.1) is 0 Å². The van der Waals surface area contributed by atoms with E-state index in [-0.39, 0.29) is 0 Å². The Bertz CT molecular complexity index is 1450. The summed E-state index contributed by atoms with van der Waals surface area (Å²) in [4.78, 5) is 0. The smallest absolute Gasteiger partial charge is 0.126 e. The molecule has 0 unspecified atom stereocenters. The van der Waals surface area contributed by atoms with Crippen molar-refractivity contribution in [2.24, 2.45) is 0 Å². The molecule has 4 nitrogen and oxygen atoms in total. The van der Waals surface area contributed by atoms with E-state index in [1.807, 2.05) is 0 Å². The third-order valence-electron chi connectivity index (χ3n) is 8.67. The molecule has 0 saturated heterocycles. The van der Waals surface area contributed by atoms with Crippen LogP contribution < -0.4 is 18.9 Å². The van der Waals surface area contributed by atoms with E-state index in [1.165, 1.54) is 54.9 Å². The van der Waals surface area contributed by atoms with Crippen molar-refractivity contribution in [2.45, 2.75) is 57.8 Å². The predicted octanol–water partition coefficient (Wildman–Crippen LogP) is 6.88. The van der Waals surface area contributed by atoms with Gasteiger partial charge in [0.15, 0.2) is 0 Å². The molecule has 4 heterocycles. The fourth-order valence-corrected chi connectivity index (χ4v) is 7.15. The first-order valence-electron chi connectivity index (χ1n) is 14.1. The van der Waals surface area contributed by atoms with Crippen LogP contribution in [-0.4, -0.2) is 26.4 Å². The van der Waals surface area contributed by atoms with Gasteiger partial charge in [0.1, 0.15) is 23.0 Å². The average molecular weight is 493 g/mol. The molecule has 37 heavy (non-hydrogen) atoms. The zero-order chi connectivity index (χ0) is 24.3.